The SMILES string of the molecule is CC#Cc1cc(C)c(C2C(=O)CC3(CCC(CC(=O)[C@H](C)O)CC3)CC2=O)c(C)c1. The molecule has 1 N–H and O–H groups in total. The van der Waals surface area contributed by atoms with Gasteiger partial charge in [-0.25, -0.2) is 0 Å². The van der Waals surface area contributed by atoms with E-state index in [4.69, 9.17) is 0 Å². The molecule has 0 heterocycles. The molecule has 0 aromatic heterocycles. The van der Waals surface area contributed by atoms with Crippen molar-refractivity contribution in [2.24, 2.45) is 11.3 Å². The van der Waals surface area contributed by atoms with Crippen LogP contribution in [0.3, 0.4) is 0 Å². The van der Waals surface area contributed by atoms with Crippen molar-refractivity contribution < 1.29 is 19.5 Å². The minimum Gasteiger partial charge on any atom is -0.386 e. The summed E-state index contributed by atoms with van der Waals surface area (Å²) in [6.45, 7) is 7.22. The Bertz CT molecular complexity index is 877. The first-order chi connectivity index (χ1) is 14.2. The first-order valence-electron chi connectivity index (χ1n) is 11.0. The number of hydrogen-bond acceptors (Lipinski definition) is 4. The molecule has 0 bridgehead atoms. The predicted molar refractivity (Wildman–Crippen MR) is 116 cm³/mol. The second kappa shape index (κ2) is 8.86. The molecular weight excluding hydrogens is 376 g/mol. The van der Waals surface area contributed by atoms with Crippen molar-refractivity contribution in [1.82, 2.24) is 0 Å². The third-order valence-corrected chi connectivity index (χ3v) is 7.02. The fraction of sp³-hybridized carbons (Fsp3) is 0.577. The Morgan fingerprint density at radius 3 is 2.13 bits per heavy atom. The van der Waals surface area contributed by atoms with Crippen LogP contribution in [-0.2, 0) is 14.4 Å². The highest BCUT2D eigenvalue weighted by Gasteiger charge is 2.47. The van der Waals surface area contributed by atoms with Crippen molar-refractivity contribution in [3.8, 4) is 11.8 Å². The van der Waals surface area contributed by atoms with Crippen molar-refractivity contribution in [3.05, 3.63) is 34.4 Å². The van der Waals surface area contributed by atoms with E-state index in [1.165, 1.54) is 6.92 Å². The molecule has 4 nitrogen and oxygen atoms in total. The summed E-state index contributed by atoms with van der Waals surface area (Å²) in [6.07, 6.45) is 3.64. The Labute approximate surface area is 179 Å². The highest BCUT2D eigenvalue weighted by molar-refractivity contribution is 6.10. The zero-order chi connectivity index (χ0) is 22.1. The van der Waals surface area contributed by atoms with Crippen LogP contribution in [0.15, 0.2) is 12.1 Å². The smallest absolute Gasteiger partial charge is 0.161 e. The van der Waals surface area contributed by atoms with E-state index in [2.05, 4.69) is 11.8 Å². The number of carbonyl (C=O) groups excluding carboxylic acids is 3. The van der Waals surface area contributed by atoms with Gasteiger partial charge in [-0.3, -0.25) is 14.4 Å². The normalized spacial score (nSPS) is 27.5. The molecule has 2 saturated carbocycles. The quantitative estimate of drug-likeness (QED) is 0.598. The number of rotatable bonds is 4. The maximum atomic E-state index is 13.2. The number of aryl methyl sites for hydroxylation is 2. The van der Waals surface area contributed by atoms with Crippen molar-refractivity contribution >= 4 is 17.3 Å². The summed E-state index contributed by atoms with van der Waals surface area (Å²) < 4.78 is 0. The Balaban J connectivity index is 1.74. The highest BCUT2D eigenvalue weighted by atomic mass is 16.3. The molecule has 0 unspecified atom stereocenters. The molecule has 2 aliphatic carbocycles. The summed E-state index contributed by atoms with van der Waals surface area (Å²) >= 11 is 0. The largest absolute Gasteiger partial charge is 0.386 e. The van der Waals surface area contributed by atoms with E-state index in [0.717, 1.165) is 47.9 Å². The van der Waals surface area contributed by atoms with Crippen LogP contribution in [0.1, 0.15) is 87.0 Å². The summed E-state index contributed by atoms with van der Waals surface area (Å²) in [6, 6.07) is 3.93. The maximum absolute atomic E-state index is 13.2. The summed E-state index contributed by atoms with van der Waals surface area (Å²) in [7, 11) is 0. The summed E-state index contributed by atoms with van der Waals surface area (Å²) in [5, 5.41) is 9.45. The van der Waals surface area contributed by atoms with Gasteiger partial charge in [-0.05, 0) is 93.5 Å². The lowest BCUT2D eigenvalue weighted by atomic mass is 9.59. The fourth-order valence-electron chi connectivity index (χ4n) is 5.46. The van der Waals surface area contributed by atoms with Gasteiger partial charge in [0.2, 0.25) is 0 Å². The Hall–Kier alpha value is -2.25. The third kappa shape index (κ3) is 4.57. The summed E-state index contributed by atoms with van der Waals surface area (Å²) in [5.74, 6) is 5.49. The van der Waals surface area contributed by atoms with E-state index >= 15 is 0 Å². The first-order valence-corrected chi connectivity index (χ1v) is 11.0. The molecule has 3 rings (SSSR count). The molecule has 160 valence electrons. The molecule has 1 aromatic carbocycles. The van der Waals surface area contributed by atoms with Crippen LogP contribution in [0, 0.1) is 37.0 Å². The third-order valence-electron chi connectivity index (χ3n) is 7.02. The van der Waals surface area contributed by atoms with Crippen LogP contribution in [0.4, 0.5) is 0 Å². The van der Waals surface area contributed by atoms with Crippen LogP contribution < -0.4 is 0 Å². The van der Waals surface area contributed by atoms with E-state index in [0.29, 0.717) is 19.3 Å². The molecule has 4 heteroatoms. The predicted octanol–water partition coefficient (Wildman–Crippen LogP) is 4.21. The minimum absolute atomic E-state index is 0.0327. The van der Waals surface area contributed by atoms with Crippen molar-refractivity contribution in [1.29, 1.82) is 0 Å². The molecule has 0 amide bonds. The topological polar surface area (TPSA) is 71.4 Å². The number of hydrogen-bond donors (Lipinski definition) is 1. The van der Waals surface area contributed by atoms with Gasteiger partial charge in [0.25, 0.3) is 0 Å². The first kappa shape index (κ1) is 22.4. The molecule has 1 spiro atoms. The Morgan fingerprint density at radius 1 is 1.13 bits per heavy atom. The van der Waals surface area contributed by atoms with Gasteiger partial charge in [0.1, 0.15) is 23.6 Å². The van der Waals surface area contributed by atoms with Gasteiger partial charge in [-0.1, -0.05) is 5.92 Å². The fourth-order valence-corrected chi connectivity index (χ4v) is 5.46. The number of ketones is 3. The van der Waals surface area contributed by atoms with Crippen molar-refractivity contribution in [2.75, 3.05) is 0 Å². The molecule has 2 fully saturated rings. The molecule has 0 aliphatic heterocycles. The molecule has 30 heavy (non-hydrogen) atoms. The lowest BCUT2D eigenvalue weighted by Gasteiger charge is -2.43. The summed E-state index contributed by atoms with van der Waals surface area (Å²) in [4.78, 5) is 38.3. The van der Waals surface area contributed by atoms with Gasteiger partial charge >= 0.3 is 0 Å². The zero-order valence-electron chi connectivity index (χ0n) is 18.5. The van der Waals surface area contributed by atoms with E-state index in [1.54, 1.807) is 6.92 Å². The van der Waals surface area contributed by atoms with Crippen LogP contribution in [0.25, 0.3) is 0 Å². The molecule has 1 aromatic rings. The van der Waals surface area contributed by atoms with Gasteiger partial charge in [-0.15, -0.1) is 5.92 Å². The van der Waals surface area contributed by atoms with E-state index < -0.39 is 12.0 Å². The molecule has 1 atom stereocenters. The second-order valence-electron chi connectivity index (χ2n) is 9.41. The van der Waals surface area contributed by atoms with Gasteiger partial charge in [0.05, 0.1) is 0 Å². The number of aliphatic hydroxyl groups is 1. The van der Waals surface area contributed by atoms with Gasteiger partial charge in [0.15, 0.2) is 5.78 Å². The van der Waals surface area contributed by atoms with Crippen molar-refractivity contribution in [3.63, 3.8) is 0 Å². The van der Waals surface area contributed by atoms with Crippen molar-refractivity contribution in [2.45, 2.75) is 84.7 Å². The monoisotopic (exact) mass is 408 g/mol. The molecule has 0 saturated heterocycles. The van der Waals surface area contributed by atoms with E-state index in [9.17, 15) is 19.5 Å². The molecule has 0 radical (unpaired) electrons. The zero-order valence-corrected chi connectivity index (χ0v) is 18.5. The van der Waals surface area contributed by atoms with Gasteiger partial charge in [0, 0.05) is 24.8 Å². The Morgan fingerprint density at radius 2 is 1.67 bits per heavy atom. The van der Waals surface area contributed by atoms with Crippen LogP contribution in [0.2, 0.25) is 0 Å². The number of aliphatic hydroxyl groups excluding tert-OH is 1. The average molecular weight is 409 g/mol. The lowest BCUT2D eigenvalue weighted by Crippen LogP contribution is -2.42. The van der Waals surface area contributed by atoms with E-state index in [-0.39, 0.29) is 28.7 Å². The van der Waals surface area contributed by atoms with Gasteiger partial charge in [-0.2, -0.15) is 0 Å². The van der Waals surface area contributed by atoms with Gasteiger partial charge < -0.3 is 5.11 Å². The van der Waals surface area contributed by atoms with Crippen LogP contribution in [-0.4, -0.2) is 28.6 Å². The standard InChI is InChI=1S/C26H32O4/c1-5-6-20-11-16(2)24(17(3)12-20)25-22(29)14-26(15-23(25)30)9-7-19(8-10-26)13-21(28)18(4)27/h11-12,18-19,25,27H,7-10,13-15H2,1-4H3/t18-,19?,25?,26?/m0/s1. The Kier molecular flexibility index (Phi) is 6.62. The minimum atomic E-state index is -0.916. The maximum Gasteiger partial charge on any atom is 0.161 e. The highest BCUT2D eigenvalue weighted by Crippen LogP contribution is 2.50. The van der Waals surface area contributed by atoms with Crippen LogP contribution >= 0.6 is 0 Å². The second-order valence-corrected chi connectivity index (χ2v) is 9.41. The molecule has 2 aliphatic rings. The summed E-state index contributed by atoms with van der Waals surface area (Å²) in [5.41, 5.74) is 3.43. The van der Waals surface area contributed by atoms with E-state index in [1.807, 2.05) is 26.0 Å². The molecular formula is C26H32O4. The number of carbonyl (C=O) groups is 3. The average Bonchev–Trinajstić information content (AvgIpc) is 2.65. The number of Topliss-reactive ketones (excluding diaryl/α,β-unsaturated/α-hetero) is 3. The van der Waals surface area contributed by atoms with Crippen LogP contribution in [0.5, 0.6) is 0 Å². The number of benzene rings is 1. The lowest BCUT2D eigenvalue weighted by molar-refractivity contribution is -0.139.